The Morgan fingerprint density at radius 3 is 2.57 bits per heavy atom. The molecule has 0 spiro atoms. The Bertz CT molecular complexity index is 473. The van der Waals surface area contributed by atoms with Crippen LogP contribution in [0.4, 0.5) is 0 Å². The Hall–Kier alpha value is -0.820. The largest absolute Gasteiger partial charge is 0.376 e. The maximum atomic E-state index is 5.91. The Morgan fingerprint density at radius 1 is 1.33 bits per heavy atom. The highest BCUT2D eigenvalue weighted by Crippen LogP contribution is 2.17. The molecular formula is C16H26IN3O. The number of hydrogen-bond acceptors (Lipinski definition) is 2. The van der Waals surface area contributed by atoms with Gasteiger partial charge in [0.25, 0.3) is 0 Å². The minimum absolute atomic E-state index is 0. The molecule has 21 heavy (non-hydrogen) atoms. The molecular weight excluding hydrogens is 377 g/mol. The first-order valence-corrected chi connectivity index (χ1v) is 7.28. The molecule has 1 atom stereocenters. The van der Waals surface area contributed by atoms with Crippen molar-refractivity contribution in [3.63, 3.8) is 0 Å². The second-order valence-corrected chi connectivity index (χ2v) is 5.59. The van der Waals surface area contributed by atoms with Crippen LogP contribution in [0.3, 0.4) is 0 Å². The number of ether oxygens (including phenoxy) is 1. The van der Waals surface area contributed by atoms with Crippen molar-refractivity contribution in [2.45, 2.75) is 46.3 Å². The van der Waals surface area contributed by atoms with Crippen molar-refractivity contribution in [1.29, 1.82) is 0 Å². The van der Waals surface area contributed by atoms with E-state index in [0.29, 0.717) is 12.5 Å². The molecule has 4 nitrogen and oxygen atoms in total. The highest BCUT2D eigenvalue weighted by molar-refractivity contribution is 14.0. The summed E-state index contributed by atoms with van der Waals surface area (Å²) in [7, 11) is 0. The van der Waals surface area contributed by atoms with Gasteiger partial charge in [0.15, 0.2) is 5.96 Å². The van der Waals surface area contributed by atoms with Crippen molar-refractivity contribution in [2.24, 2.45) is 10.7 Å². The minimum atomic E-state index is 0. The van der Waals surface area contributed by atoms with Gasteiger partial charge in [-0.25, -0.2) is 4.99 Å². The van der Waals surface area contributed by atoms with E-state index in [0.717, 1.165) is 26.0 Å². The van der Waals surface area contributed by atoms with E-state index in [1.54, 1.807) is 0 Å². The second kappa shape index (κ2) is 8.58. The lowest BCUT2D eigenvalue weighted by Crippen LogP contribution is -2.37. The van der Waals surface area contributed by atoms with Crippen LogP contribution >= 0.6 is 24.0 Å². The number of nitrogens with one attached hydrogen (secondary N) is 1. The molecule has 0 amide bonds. The fraction of sp³-hybridized carbons (Fsp3) is 0.562. The maximum absolute atomic E-state index is 5.91. The molecule has 118 valence electrons. The predicted molar refractivity (Wildman–Crippen MR) is 98.4 cm³/mol. The first-order valence-electron chi connectivity index (χ1n) is 7.28. The Morgan fingerprint density at radius 2 is 2.00 bits per heavy atom. The van der Waals surface area contributed by atoms with Gasteiger partial charge in [-0.1, -0.05) is 17.7 Å². The van der Waals surface area contributed by atoms with Crippen molar-refractivity contribution in [2.75, 3.05) is 13.2 Å². The van der Waals surface area contributed by atoms with Gasteiger partial charge < -0.3 is 15.8 Å². The van der Waals surface area contributed by atoms with Gasteiger partial charge in [-0.05, 0) is 50.3 Å². The summed E-state index contributed by atoms with van der Waals surface area (Å²) in [5, 5.41) is 3.15. The number of benzene rings is 1. The van der Waals surface area contributed by atoms with Gasteiger partial charge in [0.05, 0.1) is 12.6 Å². The number of nitrogens with zero attached hydrogens (tertiary/aromatic N) is 1. The molecule has 0 saturated carbocycles. The molecule has 0 radical (unpaired) electrons. The Kier molecular flexibility index (Phi) is 7.45. The molecule has 3 N–H and O–H groups in total. The third-order valence-corrected chi connectivity index (χ3v) is 3.78. The zero-order chi connectivity index (χ0) is 14.5. The second-order valence-electron chi connectivity index (χ2n) is 5.59. The van der Waals surface area contributed by atoms with Gasteiger partial charge in [0.1, 0.15) is 0 Å². The SMILES string of the molecule is Cc1cc(C)c(CN=C(N)NCC2CCCO2)c(C)c1.I. The summed E-state index contributed by atoms with van der Waals surface area (Å²) in [6.07, 6.45) is 2.54. The van der Waals surface area contributed by atoms with E-state index < -0.39 is 0 Å². The monoisotopic (exact) mass is 403 g/mol. The standard InChI is InChI=1S/C16H25N3O.HI/c1-11-7-12(2)15(13(3)8-11)10-19-16(17)18-9-14-5-4-6-20-14;/h7-8,14H,4-6,9-10H2,1-3H3,(H3,17,18,19);1H. The molecule has 0 aromatic heterocycles. The number of hydrogen-bond donors (Lipinski definition) is 2. The minimum Gasteiger partial charge on any atom is -0.376 e. The topological polar surface area (TPSA) is 59.6 Å². The van der Waals surface area contributed by atoms with Crippen LogP contribution in [0.2, 0.25) is 0 Å². The molecule has 1 heterocycles. The molecule has 0 aliphatic carbocycles. The molecule has 1 unspecified atom stereocenters. The first-order chi connectivity index (χ1) is 9.56. The zero-order valence-corrected chi connectivity index (χ0v) is 15.4. The van der Waals surface area contributed by atoms with E-state index in [-0.39, 0.29) is 30.1 Å². The van der Waals surface area contributed by atoms with Crippen LogP contribution in [-0.4, -0.2) is 25.2 Å². The number of nitrogens with two attached hydrogens (primary N) is 1. The molecule has 0 bridgehead atoms. The Labute approximate surface area is 144 Å². The van der Waals surface area contributed by atoms with Crippen LogP contribution < -0.4 is 11.1 Å². The van der Waals surface area contributed by atoms with E-state index in [1.165, 1.54) is 22.3 Å². The highest BCUT2D eigenvalue weighted by Gasteiger charge is 2.14. The van der Waals surface area contributed by atoms with Crippen molar-refractivity contribution in [3.05, 3.63) is 34.4 Å². The lowest BCUT2D eigenvalue weighted by Gasteiger charge is -2.12. The van der Waals surface area contributed by atoms with Crippen LogP contribution in [0, 0.1) is 20.8 Å². The lowest BCUT2D eigenvalue weighted by molar-refractivity contribution is 0.114. The van der Waals surface area contributed by atoms with Gasteiger partial charge in [-0.3, -0.25) is 0 Å². The maximum Gasteiger partial charge on any atom is 0.189 e. The zero-order valence-electron chi connectivity index (χ0n) is 13.1. The average Bonchev–Trinajstić information content (AvgIpc) is 2.88. The van der Waals surface area contributed by atoms with Gasteiger partial charge in [-0.2, -0.15) is 0 Å². The third kappa shape index (κ3) is 5.47. The lowest BCUT2D eigenvalue weighted by atomic mass is 10.00. The van der Waals surface area contributed by atoms with E-state index in [2.05, 4.69) is 43.2 Å². The number of aryl methyl sites for hydroxylation is 3. The molecule has 1 fully saturated rings. The van der Waals surface area contributed by atoms with Gasteiger partial charge in [0, 0.05) is 13.2 Å². The van der Waals surface area contributed by atoms with Crippen molar-refractivity contribution < 1.29 is 4.74 Å². The number of guanidine groups is 1. The number of halogens is 1. The molecule has 1 aliphatic rings. The van der Waals surface area contributed by atoms with Crippen molar-refractivity contribution in [3.8, 4) is 0 Å². The van der Waals surface area contributed by atoms with Crippen LogP contribution in [0.1, 0.15) is 35.1 Å². The van der Waals surface area contributed by atoms with E-state index in [9.17, 15) is 0 Å². The molecule has 5 heteroatoms. The molecule has 1 aromatic carbocycles. The normalized spacial score (nSPS) is 18.4. The predicted octanol–water partition coefficient (Wildman–Crippen LogP) is 2.81. The van der Waals surface area contributed by atoms with E-state index in [1.807, 2.05) is 0 Å². The first kappa shape index (κ1) is 18.2. The highest BCUT2D eigenvalue weighted by atomic mass is 127. The third-order valence-electron chi connectivity index (χ3n) is 3.78. The molecule has 1 saturated heterocycles. The summed E-state index contributed by atoms with van der Waals surface area (Å²) in [6, 6.07) is 4.38. The fourth-order valence-electron chi connectivity index (χ4n) is 2.70. The quantitative estimate of drug-likeness (QED) is 0.462. The van der Waals surface area contributed by atoms with Crippen LogP contribution in [0.15, 0.2) is 17.1 Å². The summed E-state index contributed by atoms with van der Waals surface area (Å²) >= 11 is 0. The van der Waals surface area contributed by atoms with Gasteiger partial charge in [0.2, 0.25) is 0 Å². The van der Waals surface area contributed by atoms with Gasteiger partial charge in [-0.15, -0.1) is 24.0 Å². The smallest absolute Gasteiger partial charge is 0.189 e. The van der Waals surface area contributed by atoms with Crippen molar-refractivity contribution >= 4 is 29.9 Å². The van der Waals surface area contributed by atoms with E-state index >= 15 is 0 Å². The van der Waals surface area contributed by atoms with E-state index in [4.69, 9.17) is 10.5 Å². The summed E-state index contributed by atoms with van der Waals surface area (Å²) in [4.78, 5) is 4.43. The Balaban J connectivity index is 0.00000220. The van der Waals surface area contributed by atoms with Crippen LogP contribution in [0.25, 0.3) is 0 Å². The molecule has 1 aromatic rings. The van der Waals surface area contributed by atoms with Gasteiger partial charge >= 0.3 is 0 Å². The molecule has 1 aliphatic heterocycles. The summed E-state index contributed by atoms with van der Waals surface area (Å²) in [5.74, 6) is 0.500. The average molecular weight is 403 g/mol. The summed E-state index contributed by atoms with van der Waals surface area (Å²) in [6.45, 7) is 8.61. The van der Waals surface area contributed by atoms with Crippen molar-refractivity contribution in [1.82, 2.24) is 5.32 Å². The fourth-order valence-corrected chi connectivity index (χ4v) is 2.70. The number of aliphatic imine (C=N–C) groups is 1. The van der Waals surface area contributed by atoms with Crippen LogP contribution in [-0.2, 0) is 11.3 Å². The molecule has 2 rings (SSSR count). The number of rotatable bonds is 4. The summed E-state index contributed by atoms with van der Waals surface area (Å²) < 4.78 is 5.54. The summed E-state index contributed by atoms with van der Waals surface area (Å²) in [5.41, 5.74) is 11.0. The van der Waals surface area contributed by atoms with Crippen LogP contribution in [0.5, 0.6) is 0 Å².